The molecule has 1 heterocycles. The van der Waals surface area contributed by atoms with Crippen LogP contribution in [0.2, 0.25) is 0 Å². The number of hydrogen-bond donors (Lipinski definition) is 0. The number of nitrogens with zero attached hydrogens (tertiary/aromatic N) is 1. The Morgan fingerprint density at radius 3 is 2.23 bits per heavy atom. The summed E-state index contributed by atoms with van der Waals surface area (Å²) in [7, 11) is -5.79. The summed E-state index contributed by atoms with van der Waals surface area (Å²) in [6.07, 6.45) is -1.52. The van der Waals surface area contributed by atoms with Gasteiger partial charge in [0.15, 0.2) is 10.1 Å². The average molecular weight is 402 g/mol. The fourth-order valence-corrected chi connectivity index (χ4v) is 2.75. The molecule has 8 nitrogen and oxygen atoms in total. The van der Waals surface area contributed by atoms with Crippen LogP contribution in [-0.4, -0.2) is 73.3 Å². The maximum absolute atomic E-state index is 13.2. The van der Waals surface area contributed by atoms with Gasteiger partial charge in [-0.2, -0.15) is 8.78 Å². The third-order valence-electron chi connectivity index (χ3n) is 3.71. The SMILES string of the molecule is CC(OCCOC1CCN(C(=O)OC(C)(C)C)CC1)C(F)(F)S(=O)(=O)[O-]. The second-order valence-electron chi connectivity index (χ2n) is 7.07. The van der Waals surface area contributed by atoms with Crippen molar-refractivity contribution in [3.8, 4) is 0 Å². The van der Waals surface area contributed by atoms with Gasteiger partial charge in [0.2, 0.25) is 0 Å². The Bertz CT molecular complexity index is 569. The van der Waals surface area contributed by atoms with E-state index in [1.165, 1.54) is 0 Å². The number of carbonyl (C=O) groups excluding carboxylic acids is 1. The predicted octanol–water partition coefficient (Wildman–Crippen LogP) is 1.95. The van der Waals surface area contributed by atoms with Crippen LogP contribution in [0.1, 0.15) is 40.5 Å². The normalized spacial score (nSPS) is 18.7. The fraction of sp³-hybridized carbons (Fsp3) is 0.933. The second kappa shape index (κ2) is 8.77. The van der Waals surface area contributed by atoms with Crippen molar-refractivity contribution in [1.29, 1.82) is 0 Å². The minimum atomic E-state index is -5.79. The lowest BCUT2D eigenvalue weighted by molar-refractivity contribution is -0.0987. The van der Waals surface area contributed by atoms with Crippen molar-refractivity contribution >= 4 is 16.2 Å². The number of alkyl halides is 2. The van der Waals surface area contributed by atoms with Crippen LogP contribution in [0.3, 0.4) is 0 Å². The van der Waals surface area contributed by atoms with E-state index in [0.717, 1.165) is 6.92 Å². The van der Waals surface area contributed by atoms with Gasteiger partial charge in [0.05, 0.1) is 19.3 Å². The molecule has 1 atom stereocenters. The topological polar surface area (TPSA) is 105 Å². The van der Waals surface area contributed by atoms with E-state index < -0.39 is 33.2 Å². The van der Waals surface area contributed by atoms with Crippen LogP contribution < -0.4 is 0 Å². The number of carbonyl (C=O) groups is 1. The molecule has 0 bridgehead atoms. The zero-order valence-corrected chi connectivity index (χ0v) is 16.2. The van der Waals surface area contributed by atoms with E-state index >= 15 is 0 Å². The third kappa shape index (κ3) is 6.93. The first kappa shape index (κ1) is 23.0. The Kier molecular flexibility index (Phi) is 7.75. The lowest BCUT2D eigenvalue weighted by Gasteiger charge is -2.33. The summed E-state index contributed by atoms with van der Waals surface area (Å²) in [6.45, 7) is 6.74. The maximum atomic E-state index is 13.2. The molecular formula is C15H26F2NO7S-. The van der Waals surface area contributed by atoms with Crippen LogP contribution in [0.5, 0.6) is 0 Å². The minimum absolute atomic E-state index is 0.0313. The molecule has 0 aromatic carbocycles. The molecule has 0 aromatic rings. The molecule has 1 aliphatic rings. The van der Waals surface area contributed by atoms with Gasteiger partial charge in [-0.3, -0.25) is 0 Å². The first-order valence-corrected chi connectivity index (χ1v) is 9.69. The summed E-state index contributed by atoms with van der Waals surface area (Å²) in [6, 6.07) is 0. The molecule has 0 radical (unpaired) electrons. The molecule has 0 aromatic heterocycles. The summed E-state index contributed by atoms with van der Waals surface area (Å²) < 4.78 is 73.4. The molecule has 1 fully saturated rings. The molecule has 1 unspecified atom stereocenters. The van der Waals surface area contributed by atoms with E-state index in [2.05, 4.69) is 0 Å². The number of piperidine rings is 1. The zero-order valence-electron chi connectivity index (χ0n) is 15.4. The van der Waals surface area contributed by atoms with Gasteiger partial charge in [-0.15, -0.1) is 0 Å². The van der Waals surface area contributed by atoms with Crippen molar-refractivity contribution in [1.82, 2.24) is 4.90 Å². The summed E-state index contributed by atoms with van der Waals surface area (Å²) >= 11 is 0. The molecule has 1 amide bonds. The third-order valence-corrected chi connectivity index (χ3v) is 4.70. The zero-order chi connectivity index (χ0) is 20.2. The number of amides is 1. The molecule has 154 valence electrons. The lowest BCUT2D eigenvalue weighted by Crippen LogP contribution is -2.44. The van der Waals surface area contributed by atoms with E-state index in [4.69, 9.17) is 14.2 Å². The number of rotatable bonds is 7. The number of hydrogen-bond acceptors (Lipinski definition) is 7. The minimum Gasteiger partial charge on any atom is -0.743 e. The smallest absolute Gasteiger partial charge is 0.410 e. The van der Waals surface area contributed by atoms with Crippen LogP contribution in [0.25, 0.3) is 0 Å². The second-order valence-corrected chi connectivity index (χ2v) is 8.52. The van der Waals surface area contributed by atoms with Gasteiger partial charge in [0.25, 0.3) is 0 Å². The Balaban J connectivity index is 2.28. The van der Waals surface area contributed by atoms with Gasteiger partial charge < -0.3 is 23.7 Å². The highest BCUT2D eigenvalue weighted by molar-refractivity contribution is 7.86. The van der Waals surface area contributed by atoms with E-state index in [1.54, 1.807) is 25.7 Å². The van der Waals surface area contributed by atoms with E-state index in [0.29, 0.717) is 25.9 Å². The molecule has 0 saturated carbocycles. The molecule has 26 heavy (non-hydrogen) atoms. The average Bonchev–Trinajstić information content (AvgIpc) is 2.49. The van der Waals surface area contributed by atoms with Crippen LogP contribution >= 0.6 is 0 Å². The van der Waals surface area contributed by atoms with Crippen LogP contribution in [0, 0.1) is 0 Å². The standard InChI is InChI=1S/C15H27F2NO7S/c1-11(15(16,17)26(20,21)22)23-9-10-24-12-5-7-18(8-6-12)13(19)25-14(2,3)4/h11-12H,5-10H2,1-4H3,(H,20,21,22)/p-1. The number of likely N-dealkylation sites (tertiary alicyclic amines) is 1. The van der Waals surface area contributed by atoms with Crippen molar-refractivity contribution in [2.75, 3.05) is 26.3 Å². The first-order valence-electron chi connectivity index (χ1n) is 8.28. The van der Waals surface area contributed by atoms with Crippen LogP contribution in [0.4, 0.5) is 13.6 Å². The summed E-state index contributed by atoms with van der Waals surface area (Å²) in [5.41, 5.74) is -0.571. The predicted molar refractivity (Wildman–Crippen MR) is 86.8 cm³/mol. The molecule has 1 aliphatic heterocycles. The highest BCUT2D eigenvalue weighted by Crippen LogP contribution is 2.26. The van der Waals surface area contributed by atoms with E-state index in [1.807, 2.05) is 0 Å². The van der Waals surface area contributed by atoms with Crippen molar-refractivity contribution in [2.24, 2.45) is 0 Å². The van der Waals surface area contributed by atoms with Gasteiger partial charge in [0, 0.05) is 13.1 Å². The molecule has 1 saturated heterocycles. The number of halogens is 2. The quantitative estimate of drug-likeness (QED) is 0.473. The number of ether oxygens (including phenoxy) is 3. The molecular weight excluding hydrogens is 376 g/mol. The maximum Gasteiger partial charge on any atom is 0.410 e. The van der Waals surface area contributed by atoms with Gasteiger partial charge in [-0.05, 0) is 40.5 Å². The largest absolute Gasteiger partial charge is 0.743 e. The van der Waals surface area contributed by atoms with Gasteiger partial charge in [0.1, 0.15) is 11.7 Å². The Hall–Kier alpha value is -1.04. The van der Waals surface area contributed by atoms with E-state index in [-0.39, 0.29) is 19.3 Å². The van der Waals surface area contributed by atoms with Crippen molar-refractivity contribution in [3.05, 3.63) is 0 Å². The summed E-state index contributed by atoms with van der Waals surface area (Å²) in [5.74, 6) is 0. The molecule has 0 N–H and O–H groups in total. The Morgan fingerprint density at radius 2 is 1.77 bits per heavy atom. The van der Waals surface area contributed by atoms with Crippen LogP contribution in [-0.2, 0) is 24.3 Å². The van der Waals surface area contributed by atoms with E-state index in [9.17, 15) is 26.5 Å². The highest BCUT2D eigenvalue weighted by atomic mass is 32.2. The summed E-state index contributed by atoms with van der Waals surface area (Å²) in [5, 5.41) is -4.49. The summed E-state index contributed by atoms with van der Waals surface area (Å²) in [4.78, 5) is 13.5. The molecule has 0 spiro atoms. The van der Waals surface area contributed by atoms with Crippen molar-refractivity contribution in [2.45, 2.75) is 63.6 Å². The molecule has 0 aliphatic carbocycles. The van der Waals surface area contributed by atoms with Gasteiger partial charge >= 0.3 is 11.3 Å². The van der Waals surface area contributed by atoms with Gasteiger partial charge in [-0.25, -0.2) is 13.2 Å². The molecule has 11 heteroatoms. The highest BCUT2D eigenvalue weighted by Gasteiger charge is 2.44. The van der Waals surface area contributed by atoms with Crippen LogP contribution in [0.15, 0.2) is 0 Å². The van der Waals surface area contributed by atoms with Crippen molar-refractivity contribution in [3.63, 3.8) is 0 Å². The first-order chi connectivity index (χ1) is 11.7. The lowest BCUT2D eigenvalue weighted by atomic mass is 10.1. The Morgan fingerprint density at radius 1 is 1.23 bits per heavy atom. The fourth-order valence-electron chi connectivity index (χ4n) is 2.27. The monoisotopic (exact) mass is 402 g/mol. The van der Waals surface area contributed by atoms with Crippen molar-refractivity contribution < 1.29 is 40.8 Å². The van der Waals surface area contributed by atoms with Gasteiger partial charge in [-0.1, -0.05) is 0 Å². The molecule has 1 rings (SSSR count). The Labute approximate surface area is 152 Å².